The number of amides is 1. The maximum atomic E-state index is 13.2. The van der Waals surface area contributed by atoms with Crippen LogP contribution in [0.5, 0.6) is 11.5 Å². The molecule has 2 aliphatic rings. The lowest BCUT2D eigenvalue weighted by molar-refractivity contribution is -0.196. The van der Waals surface area contributed by atoms with Crippen LogP contribution >= 0.6 is 0 Å². The van der Waals surface area contributed by atoms with Crippen molar-refractivity contribution in [3.8, 4) is 11.5 Å². The molecule has 0 radical (unpaired) electrons. The second-order valence-corrected chi connectivity index (χ2v) is 6.42. The molecule has 1 amide bonds. The van der Waals surface area contributed by atoms with E-state index in [9.17, 15) is 18.0 Å². The van der Waals surface area contributed by atoms with Gasteiger partial charge in [-0.3, -0.25) is 4.79 Å². The predicted octanol–water partition coefficient (Wildman–Crippen LogP) is 2.27. The number of likely N-dealkylation sites (tertiary alicyclic amines) is 1. The van der Waals surface area contributed by atoms with Gasteiger partial charge in [0.1, 0.15) is 19.3 Å². The maximum absolute atomic E-state index is 13.2. The first kappa shape index (κ1) is 17.8. The first-order chi connectivity index (χ1) is 11.8. The summed E-state index contributed by atoms with van der Waals surface area (Å²) in [7, 11) is 0. The molecule has 1 aromatic rings. The van der Waals surface area contributed by atoms with Crippen LogP contribution in [0.4, 0.5) is 13.2 Å². The van der Waals surface area contributed by atoms with Crippen molar-refractivity contribution in [2.24, 2.45) is 5.73 Å². The number of aryl methyl sites for hydroxylation is 1. The average molecular weight is 358 g/mol. The van der Waals surface area contributed by atoms with E-state index < -0.39 is 24.2 Å². The van der Waals surface area contributed by atoms with E-state index in [-0.39, 0.29) is 25.8 Å². The summed E-state index contributed by atoms with van der Waals surface area (Å²) >= 11 is 0. The van der Waals surface area contributed by atoms with E-state index in [1.807, 2.05) is 0 Å². The number of hydrogen-bond acceptors (Lipinski definition) is 4. The molecular weight excluding hydrogens is 337 g/mol. The molecule has 2 unspecified atom stereocenters. The summed E-state index contributed by atoms with van der Waals surface area (Å²) in [6, 6.07) is 3.18. The molecule has 0 bridgehead atoms. The van der Waals surface area contributed by atoms with Gasteiger partial charge in [-0.15, -0.1) is 0 Å². The zero-order chi connectivity index (χ0) is 18.0. The van der Waals surface area contributed by atoms with Crippen molar-refractivity contribution in [1.29, 1.82) is 0 Å². The fraction of sp³-hybridized carbons (Fsp3) is 0.588. The second kappa shape index (κ2) is 7.11. The molecule has 2 N–H and O–H groups in total. The third-order valence-electron chi connectivity index (χ3n) is 4.55. The van der Waals surface area contributed by atoms with Crippen molar-refractivity contribution in [2.75, 3.05) is 19.8 Å². The minimum atomic E-state index is -4.42. The Morgan fingerprint density at radius 1 is 1.20 bits per heavy atom. The van der Waals surface area contributed by atoms with E-state index in [1.54, 1.807) is 18.2 Å². The second-order valence-electron chi connectivity index (χ2n) is 6.42. The number of fused-ring (bicyclic) bond motifs is 1. The van der Waals surface area contributed by atoms with E-state index in [1.165, 1.54) is 0 Å². The smallest absolute Gasteiger partial charge is 0.408 e. The number of hydrogen-bond donors (Lipinski definition) is 1. The number of ether oxygens (including phenoxy) is 2. The summed E-state index contributed by atoms with van der Waals surface area (Å²) < 4.78 is 50.4. The van der Waals surface area contributed by atoms with Crippen LogP contribution in [0.2, 0.25) is 0 Å². The fourth-order valence-corrected chi connectivity index (χ4v) is 3.25. The first-order valence-electron chi connectivity index (χ1n) is 8.35. The summed E-state index contributed by atoms with van der Waals surface area (Å²) in [6.45, 7) is 0.886. The average Bonchev–Trinajstić information content (AvgIpc) is 2.58. The fourth-order valence-electron chi connectivity index (χ4n) is 3.25. The molecule has 0 aliphatic carbocycles. The minimum absolute atomic E-state index is 0.00105. The van der Waals surface area contributed by atoms with Crippen molar-refractivity contribution in [3.63, 3.8) is 0 Å². The molecule has 0 saturated carbocycles. The maximum Gasteiger partial charge on any atom is 0.408 e. The molecule has 1 fully saturated rings. The lowest BCUT2D eigenvalue weighted by Gasteiger charge is -2.39. The van der Waals surface area contributed by atoms with Gasteiger partial charge in [0.05, 0.1) is 0 Å². The van der Waals surface area contributed by atoms with Crippen LogP contribution in [-0.2, 0) is 11.2 Å². The Hall–Kier alpha value is -1.96. The van der Waals surface area contributed by atoms with Crippen LogP contribution in [-0.4, -0.2) is 48.8 Å². The summed E-state index contributed by atoms with van der Waals surface area (Å²) in [5.74, 6) is 0.720. The van der Waals surface area contributed by atoms with Gasteiger partial charge in [0.2, 0.25) is 5.91 Å². The standard InChI is InChI=1S/C17H21F3N2O3/c18-17(19,20)15-5-3-12(21)10-22(15)16(23)6-2-11-1-4-13-14(9-11)25-8-7-24-13/h1,4,9,12,15H,2-3,5-8,10,21H2. The summed E-state index contributed by atoms with van der Waals surface area (Å²) in [5.41, 5.74) is 6.58. The molecule has 0 spiro atoms. The largest absolute Gasteiger partial charge is 0.486 e. The van der Waals surface area contributed by atoms with Gasteiger partial charge in [-0.05, 0) is 37.0 Å². The molecule has 2 heterocycles. The SMILES string of the molecule is NC1CCC(C(F)(F)F)N(C(=O)CCc2ccc3c(c2)OCCO3)C1. The molecular formula is C17H21F3N2O3. The number of benzene rings is 1. The van der Waals surface area contributed by atoms with Gasteiger partial charge in [0.25, 0.3) is 0 Å². The Labute approximate surface area is 143 Å². The molecule has 0 aromatic heterocycles. The molecule has 3 rings (SSSR count). The number of halogens is 3. The number of rotatable bonds is 3. The zero-order valence-corrected chi connectivity index (χ0v) is 13.7. The van der Waals surface area contributed by atoms with Crippen LogP contribution in [0.3, 0.4) is 0 Å². The van der Waals surface area contributed by atoms with Crippen LogP contribution in [0.15, 0.2) is 18.2 Å². The van der Waals surface area contributed by atoms with Crippen molar-refractivity contribution in [2.45, 2.75) is 43.9 Å². The highest BCUT2D eigenvalue weighted by molar-refractivity contribution is 5.77. The number of carbonyl (C=O) groups is 1. The Bertz CT molecular complexity index is 636. The lowest BCUT2D eigenvalue weighted by atomic mass is 9.97. The number of piperidine rings is 1. The molecule has 8 heteroatoms. The topological polar surface area (TPSA) is 64.8 Å². The van der Waals surface area contributed by atoms with Crippen LogP contribution in [0.1, 0.15) is 24.8 Å². The van der Waals surface area contributed by atoms with Crippen LogP contribution in [0, 0.1) is 0 Å². The van der Waals surface area contributed by atoms with Gasteiger partial charge < -0.3 is 20.1 Å². The van der Waals surface area contributed by atoms with Gasteiger partial charge in [-0.2, -0.15) is 13.2 Å². The Morgan fingerprint density at radius 2 is 1.92 bits per heavy atom. The van der Waals surface area contributed by atoms with Crippen molar-refractivity contribution in [3.05, 3.63) is 23.8 Å². The highest BCUT2D eigenvalue weighted by Crippen LogP contribution is 2.33. The van der Waals surface area contributed by atoms with Gasteiger partial charge in [0, 0.05) is 19.0 Å². The van der Waals surface area contributed by atoms with Gasteiger partial charge in [-0.1, -0.05) is 6.07 Å². The van der Waals surface area contributed by atoms with Crippen LogP contribution < -0.4 is 15.2 Å². The number of alkyl halides is 3. The first-order valence-corrected chi connectivity index (χ1v) is 8.35. The number of nitrogens with two attached hydrogens (primary N) is 1. The molecule has 1 aromatic carbocycles. The lowest BCUT2D eigenvalue weighted by Crippen LogP contribution is -2.56. The Kier molecular flexibility index (Phi) is 5.08. The van der Waals surface area contributed by atoms with E-state index in [0.29, 0.717) is 31.1 Å². The van der Waals surface area contributed by atoms with E-state index >= 15 is 0 Å². The summed E-state index contributed by atoms with van der Waals surface area (Å²) in [5, 5.41) is 0. The third kappa shape index (κ3) is 4.18. The van der Waals surface area contributed by atoms with E-state index in [4.69, 9.17) is 15.2 Å². The van der Waals surface area contributed by atoms with Crippen molar-refractivity contribution < 1.29 is 27.4 Å². The normalized spacial score (nSPS) is 23.4. The van der Waals surface area contributed by atoms with Gasteiger partial charge >= 0.3 is 6.18 Å². The molecule has 2 aliphatic heterocycles. The highest BCUT2D eigenvalue weighted by atomic mass is 19.4. The third-order valence-corrected chi connectivity index (χ3v) is 4.55. The molecule has 1 saturated heterocycles. The summed E-state index contributed by atoms with van der Waals surface area (Å²) in [4.78, 5) is 13.3. The quantitative estimate of drug-likeness (QED) is 0.900. The monoisotopic (exact) mass is 358 g/mol. The molecule has 25 heavy (non-hydrogen) atoms. The zero-order valence-electron chi connectivity index (χ0n) is 13.7. The number of carbonyl (C=O) groups excluding carboxylic acids is 1. The molecule has 138 valence electrons. The molecule has 5 nitrogen and oxygen atoms in total. The highest BCUT2D eigenvalue weighted by Gasteiger charge is 2.47. The number of nitrogens with zero attached hydrogens (tertiary/aromatic N) is 1. The van der Waals surface area contributed by atoms with Gasteiger partial charge in [0.15, 0.2) is 11.5 Å². The Morgan fingerprint density at radius 3 is 2.64 bits per heavy atom. The Balaban J connectivity index is 1.64. The summed E-state index contributed by atoms with van der Waals surface area (Å²) in [6.07, 6.45) is -3.95. The minimum Gasteiger partial charge on any atom is -0.486 e. The van der Waals surface area contributed by atoms with Gasteiger partial charge in [-0.25, -0.2) is 0 Å². The van der Waals surface area contributed by atoms with Crippen LogP contribution in [0.25, 0.3) is 0 Å². The van der Waals surface area contributed by atoms with Crippen molar-refractivity contribution >= 4 is 5.91 Å². The van der Waals surface area contributed by atoms with Crippen molar-refractivity contribution in [1.82, 2.24) is 4.90 Å². The van der Waals surface area contributed by atoms with E-state index in [0.717, 1.165) is 10.5 Å². The molecule has 2 atom stereocenters. The predicted molar refractivity (Wildman–Crippen MR) is 84.5 cm³/mol. The van der Waals surface area contributed by atoms with E-state index in [2.05, 4.69) is 0 Å².